The lowest BCUT2D eigenvalue weighted by Crippen LogP contribution is -2.64. The molecular weight excluding hydrogens is 895 g/mol. The standard InChI is InChI=1S/C56H83NO13/c1-12-42-27-35(2)26-36(3)28-47(66-9)51-48(67-10)30-39(6)56(63,70-51)52(59)53(60)57-25-17-15-19-45(57)54(61)69-50(37(4)20-21-46(42)58)38(5)29-41-22-24-55(62,49(33-41)68-11)23-16-13-14-18-40-31-43(64-7)34-44(32-40)65-8/h13-14,16,18,27,29,31-32,34,36-37,39,41-42,45,47-51,62-63H,12,15,17,19-26,28,30,33H2,1-11H3. The second kappa shape index (κ2) is 26.0. The molecule has 3 aliphatic heterocycles. The number of Topliss-reactive ketones (excluding diaryl/α,β-unsaturated/α-hetero) is 2. The van der Waals surface area contributed by atoms with Crippen molar-refractivity contribution >= 4 is 29.5 Å². The van der Waals surface area contributed by atoms with E-state index >= 15 is 0 Å². The Balaban J connectivity index is 1.41. The van der Waals surface area contributed by atoms with Gasteiger partial charge >= 0.3 is 5.97 Å². The highest BCUT2D eigenvalue weighted by atomic mass is 16.7. The SMILES string of the molecule is CCC1C=C(C)CC(C)CC(OC)C2OC(O)(C(=O)C(=O)N3CCCCC3C(=O)OC(C(C)=CC3CCC(O)(CC=CC=Cc4cc(OC)cc(OC)c4)C(OC)C3)C(C)CCC1=O)C(C)CC2OC. The summed E-state index contributed by atoms with van der Waals surface area (Å²) >= 11 is 0. The smallest absolute Gasteiger partial charge is 0.329 e. The van der Waals surface area contributed by atoms with Gasteiger partial charge in [0.15, 0.2) is 0 Å². The van der Waals surface area contributed by atoms with E-state index in [1.165, 1.54) is 4.90 Å². The van der Waals surface area contributed by atoms with Crippen molar-refractivity contribution in [1.82, 2.24) is 4.90 Å². The number of piperidine rings is 1. The number of rotatable bonds is 12. The van der Waals surface area contributed by atoms with Crippen LogP contribution < -0.4 is 9.47 Å². The summed E-state index contributed by atoms with van der Waals surface area (Å²) in [5.74, 6) is -5.13. The third kappa shape index (κ3) is 14.1. The first-order valence-corrected chi connectivity index (χ1v) is 25.6. The third-order valence-electron chi connectivity index (χ3n) is 15.4. The van der Waals surface area contributed by atoms with Gasteiger partial charge in [0.25, 0.3) is 11.7 Å². The highest BCUT2D eigenvalue weighted by Crippen LogP contribution is 2.41. The van der Waals surface area contributed by atoms with Gasteiger partial charge in [0.1, 0.15) is 35.5 Å². The number of cyclic esters (lactones) is 1. The van der Waals surface area contributed by atoms with Crippen LogP contribution in [0, 0.1) is 29.6 Å². The number of amides is 1. The number of hydrogen-bond acceptors (Lipinski definition) is 13. The molecule has 1 saturated carbocycles. The van der Waals surface area contributed by atoms with Crippen LogP contribution in [0.3, 0.4) is 0 Å². The summed E-state index contributed by atoms with van der Waals surface area (Å²) < 4.78 is 41.3. The van der Waals surface area contributed by atoms with E-state index in [0.29, 0.717) is 75.7 Å². The molecule has 0 aromatic heterocycles. The van der Waals surface area contributed by atoms with E-state index < -0.39 is 71.5 Å². The van der Waals surface area contributed by atoms with Crippen LogP contribution in [0.25, 0.3) is 6.08 Å². The van der Waals surface area contributed by atoms with Gasteiger partial charge in [-0.15, -0.1) is 0 Å². The predicted molar refractivity (Wildman–Crippen MR) is 268 cm³/mol. The van der Waals surface area contributed by atoms with Crippen molar-refractivity contribution in [2.45, 2.75) is 173 Å². The Morgan fingerprint density at radius 2 is 1.56 bits per heavy atom. The summed E-state index contributed by atoms with van der Waals surface area (Å²) in [6.45, 7) is 11.8. The van der Waals surface area contributed by atoms with Crippen LogP contribution >= 0.6 is 0 Å². The van der Waals surface area contributed by atoms with Crippen LogP contribution in [0.15, 0.2) is 59.7 Å². The number of allylic oxidation sites excluding steroid dienone is 5. The molecule has 1 aromatic rings. The van der Waals surface area contributed by atoms with Crippen LogP contribution in [0.5, 0.6) is 11.5 Å². The van der Waals surface area contributed by atoms with E-state index in [1.54, 1.807) is 42.5 Å². The lowest BCUT2D eigenvalue weighted by molar-refractivity contribution is -0.302. The summed E-state index contributed by atoms with van der Waals surface area (Å²) in [5, 5.41) is 24.1. The molecule has 3 heterocycles. The average Bonchev–Trinajstić information content (AvgIpc) is 3.35. The number of hydrogen-bond donors (Lipinski definition) is 2. The molecule has 13 unspecified atom stereocenters. The second-order valence-corrected chi connectivity index (χ2v) is 20.6. The van der Waals surface area contributed by atoms with Crippen molar-refractivity contribution < 1.29 is 62.5 Å². The maximum Gasteiger partial charge on any atom is 0.329 e. The van der Waals surface area contributed by atoms with Gasteiger partial charge in [0.05, 0.1) is 38.1 Å². The first kappa shape index (κ1) is 56.7. The molecule has 390 valence electrons. The molecule has 4 aliphatic rings. The van der Waals surface area contributed by atoms with Crippen molar-refractivity contribution in [2.24, 2.45) is 29.6 Å². The molecular formula is C56H83NO13. The highest BCUT2D eigenvalue weighted by Gasteiger charge is 2.56. The highest BCUT2D eigenvalue weighted by molar-refractivity contribution is 6.39. The number of ether oxygens (including phenoxy) is 7. The van der Waals surface area contributed by atoms with Crippen molar-refractivity contribution in [2.75, 3.05) is 42.1 Å². The monoisotopic (exact) mass is 978 g/mol. The summed E-state index contributed by atoms with van der Waals surface area (Å²) in [7, 11) is 7.93. The molecule has 14 nitrogen and oxygen atoms in total. The van der Waals surface area contributed by atoms with Crippen molar-refractivity contribution in [3.8, 4) is 11.5 Å². The fraction of sp³-hybridized carbons (Fsp3) is 0.679. The summed E-state index contributed by atoms with van der Waals surface area (Å²) in [6, 6.07) is 4.55. The fourth-order valence-electron chi connectivity index (χ4n) is 11.2. The van der Waals surface area contributed by atoms with Crippen LogP contribution in [-0.2, 0) is 42.9 Å². The molecule has 2 N–H and O–H groups in total. The predicted octanol–water partition coefficient (Wildman–Crippen LogP) is 8.55. The zero-order chi connectivity index (χ0) is 51.3. The molecule has 3 fully saturated rings. The van der Waals surface area contributed by atoms with E-state index in [4.69, 9.17) is 33.2 Å². The van der Waals surface area contributed by atoms with Crippen LogP contribution in [-0.4, -0.2) is 129 Å². The quantitative estimate of drug-likeness (QED) is 0.0883. The van der Waals surface area contributed by atoms with Gasteiger partial charge < -0.3 is 48.3 Å². The van der Waals surface area contributed by atoms with E-state index in [-0.39, 0.29) is 55.3 Å². The first-order chi connectivity index (χ1) is 33.3. The molecule has 0 spiro atoms. The van der Waals surface area contributed by atoms with Gasteiger partial charge in [-0.3, -0.25) is 14.4 Å². The fourth-order valence-corrected chi connectivity index (χ4v) is 11.2. The zero-order valence-corrected chi connectivity index (χ0v) is 43.8. The van der Waals surface area contributed by atoms with Crippen molar-refractivity contribution in [3.05, 3.63) is 65.3 Å². The number of aliphatic hydroxyl groups is 2. The number of nitrogens with zero attached hydrogens (tertiary/aromatic N) is 1. The number of carbonyl (C=O) groups is 4. The number of carbonyl (C=O) groups excluding carboxylic acids is 4. The number of esters is 1. The van der Waals surface area contributed by atoms with Crippen LogP contribution in [0.2, 0.25) is 0 Å². The van der Waals surface area contributed by atoms with Crippen molar-refractivity contribution in [3.63, 3.8) is 0 Å². The lowest BCUT2D eigenvalue weighted by atomic mass is 9.74. The molecule has 70 heavy (non-hydrogen) atoms. The first-order valence-electron chi connectivity index (χ1n) is 25.6. The zero-order valence-electron chi connectivity index (χ0n) is 43.8. The van der Waals surface area contributed by atoms with Crippen LogP contribution in [0.4, 0.5) is 0 Å². The minimum Gasteiger partial charge on any atom is -0.497 e. The van der Waals surface area contributed by atoms with Crippen molar-refractivity contribution in [1.29, 1.82) is 0 Å². The largest absolute Gasteiger partial charge is 0.497 e. The van der Waals surface area contributed by atoms with Gasteiger partial charge in [-0.2, -0.15) is 0 Å². The molecule has 2 saturated heterocycles. The molecule has 1 aliphatic carbocycles. The maximum absolute atomic E-state index is 14.6. The summed E-state index contributed by atoms with van der Waals surface area (Å²) in [5.41, 5.74) is 1.67. The molecule has 0 radical (unpaired) electrons. The average molecular weight is 978 g/mol. The molecule has 1 amide bonds. The van der Waals surface area contributed by atoms with Gasteiger partial charge in [-0.1, -0.05) is 69.7 Å². The molecule has 1 aromatic carbocycles. The number of benzene rings is 1. The minimum absolute atomic E-state index is 0.0161. The number of fused-ring (bicyclic) bond motifs is 3. The van der Waals surface area contributed by atoms with E-state index in [2.05, 4.69) is 19.1 Å². The van der Waals surface area contributed by atoms with Gasteiger partial charge in [-0.25, -0.2) is 4.79 Å². The van der Waals surface area contributed by atoms with E-state index in [0.717, 1.165) is 16.7 Å². The molecule has 14 heteroatoms. The Morgan fingerprint density at radius 1 is 0.871 bits per heavy atom. The normalized spacial score (nSPS) is 35.0. The Labute approximate surface area is 417 Å². The van der Waals surface area contributed by atoms with Gasteiger partial charge in [0, 0.05) is 52.2 Å². The Kier molecular flexibility index (Phi) is 21.0. The second-order valence-electron chi connectivity index (χ2n) is 20.6. The third-order valence-corrected chi connectivity index (χ3v) is 15.4. The van der Waals surface area contributed by atoms with Crippen LogP contribution in [0.1, 0.15) is 131 Å². The Bertz CT molecular complexity index is 2040. The van der Waals surface area contributed by atoms with E-state index in [1.807, 2.05) is 70.2 Å². The van der Waals surface area contributed by atoms with E-state index in [9.17, 15) is 29.4 Å². The lowest BCUT2D eigenvalue weighted by Gasteiger charge is -2.47. The van der Waals surface area contributed by atoms with Gasteiger partial charge in [0.2, 0.25) is 5.79 Å². The Hall–Kier alpha value is -4.18. The number of ketones is 2. The topological polar surface area (TPSA) is 177 Å². The number of methoxy groups -OCH3 is 5. The molecule has 2 bridgehead atoms. The Morgan fingerprint density at radius 3 is 2.20 bits per heavy atom. The summed E-state index contributed by atoms with van der Waals surface area (Å²) in [4.78, 5) is 58.6. The van der Waals surface area contributed by atoms with Gasteiger partial charge in [-0.05, 0) is 132 Å². The molecule has 5 rings (SSSR count). The maximum atomic E-state index is 14.6. The minimum atomic E-state index is -2.49. The summed E-state index contributed by atoms with van der Waals surface area (Å²) in [6.07, 6.45) is 14.9. The molecule has 13 atom stereocenters.